The fourth-order valence-electron chi connectivity index (χ4n) is 1.85. The molecule has 0 spiro atoms. The highest BCUT2D eigenvalue weighted by Gasteiger charge is 2.11. The molecule has 0 amide bonds. The Bertz CT molecular complexity index is 764. The van der Waals surface area contributed by atoms with E-state index in [1.54, 1.807) is 25.3 Å². The third-order valence-corrected chi connectivity index (χ3v) is 4.06. The van der Waals surface area contributed by atoms with Crippen LogP contribution in [0.4, 0.5) is 0 Å². The molecule has 0 N–H and O–H groups in total. The maximum absolute atomic E-state index is 12.5. The normalized spacial score (nSPS) is 10.8. The van der Waals surface area contributed by atoms with Gasteiger partial charge in [0.2, 0.25) is 0 Å². The topological polar surface area (TPSA) is 26.3 Å². The summed E-state index contributed by atoms with van der Waals surface area (Å²) in [6.45, 7) is 0.226. The SMILES string of the molecule is COC/C(=C\C#Cc1ccc(Br)cc1)C(=O)c1ccc(Br)cc1. The molecule has 4 heteroatoms. The lowest BCUT2D eigenvalue weighted by Crippen LogP contribution is -2.08. The van der Waals surface area contributed by atoms with Gasteiger partial charge in [-0.15, -0.1) is 0 Å². The van der Waals surface area contributed by atoms with Crippen molar-refractivity contribution in [3.05, 3.63) is 80.3 Å². The zero-order valence-electron chi connectivity index (χ0n) is 12.5. The summed E-state index contributed by atoms with van der Waals surface area (Å²) in [7, 11) is 1.56. The van der Waals surface area contributed by atoms with Crippen molar-refractivity contribution in [1.82, 2.24) is 0 Å². The summed E-state index contributed by atoms with van der Waals surface area (Å²) in [6.07, 6.45) is 1.62. The first-order valence-electron chi connectivity index (χ1n) is 6.85. The summed E-state index contributed by atoms with van der Waals surface area (Å²) in [5.74, 6) is 5.87. The predicted octanol–water partition coefficient (Wildman–Crippen LogP) is 5.02. The second kappa shape index (κ2) is 8.83. The molecule has 2 aromatic rings. The first-order chi connectivity index (χ1) is 11.1. The highest BCUT2D eigenvalue weighted by Crippen LogP contribution is 2.14. The van der Waals surface area contributed by atoms with E-state index in [1.165, 1.54) is 0 Å². The largest absolute Gasteiger partial charge is 0.380 e. The lowest BCUT2D eigenvalue weighted by atomic mass is 10.0. The van der Waals surface area contributed by atoms with Crippen molar-refractivity contribution in [1.29, 1.82) is 0 Å². The van der Waals surface area contributed by atoms with Crippen molar-refractivity contribution in [2.45, 2.75) is 0 Å². The second-order valence-corrected chi connectivity index (χ2v) is 6.55. The van der Waals surface area contributed by atoms with Crippen molar-refractivity contribution < 1.29 is 9.53 Å². The first-order valence-corrected chi connectivity index (χ1v) is 8.44. The number of methoxy groups -OCH3 is 1. The molecule has 0 bridgehead atoms. The number of hydrogen-bond donors (Lipinski definition) is 0. The van der Waals surface area contributed by atoms with Crippen LogP contribution in [0.15, 0.2) is 69.1 Å². The quantitative estimate of drug-likeness (QED) is 0.384. The minimum absolute atomic E-state index is 0.0792. The van der Waals surface area contributed by atoms with Gasteiger partial charge in [-0.2, -0.15) is 0 Å². The minimum atomic E-state index is -0.0792. The summed E-state index contributed by atoms with van der Waals surface area (Å²) < 4.78 is 7.05. The van der Waals surface area contributed by atoms with Crippen LogP contribution in [0.2, 0.25) is 0 Å². The molecular weight excluding hydrogens is 420 g/mol. The van der Waals surface area contributed by atoms with Crippen LogP contribution < -0.4 is 0 Å². The summed E-state index contributed by atoms with van der Waals surface area (Å²) >= 11 is 6.74. The lowest BCUT2D eigenvalue weighted by Gasteiger charge is -2.04. The van der Waals surface area contributed by atoms with E-state index in [0.717, 1.165) is 14.5 Å². The fraction of sp³-hybridized carbons (Fsp3) is 0.105. The molecule has 0 aliphatic rings. The molecule has 0 saturated heterocycles. The van der Waals surface area contributed by atoms with Gasteiger partial charge in [-0.3, -0.25) is 4.79 Å². The molecular formula is C19H14Br2O2. The smallest absolute Gasteiger partial charge is 0.191 e. The molecule has 116 valence electrons. The Morgan fingerprint density at radius 3 is 2.17 bits per heavy atom. The van der Waals surface area contributed by atoms with Gasteiger partial charge in [-0.05, 0) is 54.6 Å². The van der Waals surface area contributed by atoms with E-state index in [1.807, 2.05) is 36.4 Å². The lowest BCUT2D eigenvalue weighted by molar-refractivity contribution is 0.101. The molecule has 0 atom stereocenters. The highest BCUT2D eigenvalue weighted by atomic mass is 79.9. The van der Waals surface area contributed by atoms with Gasteiger partial charge in [0.25, 0.3) is 0 Å². The standard InChI is InChI=1S/C19H14Br2O2/c1-23-13-16(19(22)15-7-11-18(21)12-8-15)4-2-3-14-5-9-17(20)10-6-14/h4-12H,13H2,1H3/b16-4+. The number of hydrogen-bond acceptors (Lipinski definition) is 2. The number of Topliss-reactive ketones (excluding diaryl/α,β-unsaturated/α-hetero) is 1. The number of carbonyl (C=O) groups excluding carboxylic acids is 1. The van der Waals surface area contributed by atoms with Crippen LogP contribution >= 0.6 is 31.9 Å². The van der Waals surface area contributed by atoms with Crippen LogP contribution in [0.25, 0.3) is 0 Å². The first kappa shape index (κ1) is 17.7. The predicted molar refractivity (Wildman–Crippen MR) is 99.5 cm³/mol. The fourth-order valence-corrected chi connectivity index (χ4v) is 2.38. The number of allylic oxidation sites excluding steroid dienone is 1. The van der Waals surface area contributed by atoms with Gasteiger partial charge in [0.15, 0.2) is 5.78 Å². The molecule has 0 aliphatic carbocycles. The van der Waals surface area contributed by atoms with Crippen LogP contribution in [-0.4, -0.2) is 19.5 Å². The van der Waals surface area contributed by atoms with Crippen molar-refractivity contribution in [3.63, 3.8) is 0 Å². The summed E-state index contributed by atoms with van der Waals surface area (Å²) in [4.78, 5) is 12.5. The Hall–Kier alpha value is -1.67. The van der Waals surface area contributed by atoms with Crippen molar-refractivity contribution in [2.75, 3.05) is 13.7 Å². The molecule has 0 radical (unpaired) electrons. The Balaban J connectivity index is 2.22. The summed E-state index contributed by atoms with van der Waals surface area (Å²) in [5.41, 5.74) is 2.03. The van der Waals surface area contributed by atoms with E-state index in [0.29, 0.717) is 11.1 Å². The van der Waals surface area contributed by atoms with Crippen LogP contribution in [0.3, 0.4) is 0 Å². The van der Waals surface area contributed by atoms with E-state index in [9.17, 15) is 4.79 Å². The van der Waals surface area contributed by atoms with Crippen molar-refractivity contribution >= 4 is 37.6 Å². The van der Waals surface area contributed by atoms with Crippen LogP contribution in [-0.2, 0) is 4.74 Å². The second-order valence-electron chi connectivity index (χ2n) is 4.71. The maximum Gasteiger partial charge on any atom is 0.191 e. The molecule has 0 unspecified atom stereocenters. The number of halogens is 2. The molecule has 0 fully saturated rings. The minimum Gasteiger partial charge on any atom is -0.380 e. The highest BCUT2D eigenvalue weighted by molar-refractivity contribution is 9.10. The van der Waals surface area contributed by atoms with Crippen molar-refractivity contribution in [3.8, 4) is 11.8 Å². The molecule has 2 nitrogen and oxygen atoms in total. The van der Waals surface area contributed by atoms with E-state index in [2.05, 4.69) is 43.7 Å². The summed E-state index contributed by atoms with van der Waals surface area (Å²) in [5, 5.41) is 0. The Morgan fingerprint density at radius 1 is 1.04 bits per heavy atom. The number of rotatable bonds is 4. The molecule has 23 heavy (non-hydrogen) atoms. The van der Waals surface area contributed by atoms with Gasteiger partial charge in [0.1, 0.15) is 0 Å². The van der Waals surface area contributed by atoms with Gasteiger partial charge < -0.3 is 4.74 Å². The number of ether oxygens (including phenoxy) is 1. The van der Waals surface area contributed by atoms with Crippen LogP contribution in [0.5, 0.6) is 0 Å². The third kappa shape index (κ3) is 5.47. The van der Waals surface area contributed by atoms with Gasteiger partial charge in [0, 0.05) is 32.8 Å². The molecule has 2 aromatic carbocycles. The number of benzene rings is 2. The van der Waals surface area contributed by atoms with E-state index in [-0.39, 0.29) is 12.4 Å². The van der Waals surface area contributed by atoms with E-state index < -0.39 is 0 Å². The number of ketones is 1. The Kier molecular flexibility index (Phi) is 6.79. The molecule has 0 aromatic heterocycles. The van der Waals surface area contributed by atoms with Gasteiger partial charge in [-0.1, -0.05) is 43.7 Å². The van der Waals surface area contributed by atoms with Crippen molar-refractivity contribution in [2.24, 2.45) is 0 Å². The third-order valence-electron chi connectivity index (χ3n) is 3.01. The van der Waals surface area contributed by atoms with Crippen LogP contribution in [0.1, 0.15) is 15.9 Å². The number of carbonyl (C=O) groups is 1. The molecule has 0 saturated carbocycles. The van der Waals surface area contributed by atoms with Crippen LogP contribution in [0, 0.1) is 11.8 Å². The van der Waals surface area contributed by atoms with E-state index >= 15 is 0 Å². The van der Waals surface area contributed by atoms with E-state index in [4.69, 9.17) is 4.74 Å². The maximum atomic E-state index is 12.5. The molecule has 0 heterocycles. The zero-order chi connectivity index (χ0) is 16.7. The van der Waals surface area contributed by atoms with Gasteiger partial charge in [0.05, 0.1) is 6.61 Å². The summed E-state index contributed by atoms with van der Waals surface area (Å²) in [6, 6.07) is 14.9. The average molecular weight is 434 g/mol. The Labute approximate surface area is 152 Å². The molecule has 0 aliphatic heterocycles. The zero-order valence-corrected chi connectivity index (χ0v) is 15.6. The van der Waals surface area contributed by atoms with Gasteiger partial charge >= 0.3 is 0 Å². The van der Waals surface area contributed by atoms with Gasteiger partial charge in [-0.25, -0.2) is 0 Å². The monoisotopic (exact) mass is 432 g/mol. The average Bonchev–Trinajstić information content (AvgIpc) is 2.56. The Morgan fingerprint density at radius 2 is 1.61 bits per heavy atom. The molecule has 2 rings (SSSR count).